The highest BCUT2D eigenvalue weighted by Crippen LogP contribution is 2.35. The maximum Gasteiger partial charge on any atom is 0.268 e. The Bertz CT molecular complexity index is 931. The topological polar surface area (TPSA) is 92.5 Å². The quantitative estimate of drug-likeness (QED) is 0.915. The Morgan fingerprint density at radius 3 is 2.62 bits per heavy atom. The lowest BCUT2D eigenvalue weighted by Crippen LogP contribution is -2.37. The number of aromatic hydroxyl groups is 1. The summed E-state index contributed by atoms with van der Waals surface area (Å²) in [6.07, 6.45) is 0.0791. The second-order valence-electron chi connectivity index (χ2n) is 5.77. The van der Waals surface area contributed by atoms with Gasteiger partial charge in [0.2, 0.25) is 0 Å². The molecule has 0 atom stereocenters. The number of anilines is 1. The fourth-order valence-corrected chi connectivity index (χ4v) is 5.01. The van der Waals surface area contributed by atoms with Gasteiger partial charge in [0, 0.05) is 25.1 Å². The fraction of sp³-hybridized carbons (Fsp3) is 0.375. The van der Waals surface area contributed by atoms with Gasteiger partial charge in [0.15, 0.2) is 5.78 Å². The van der Waals surface area contributed by atoms with Gasteiger partial charge in [-0.15, -0.1) is 0 Å². The van der Waals surface area contributed by atoms with Crippen molar-refractivity contribution in [3.05, 3.63) is 35.2 Å². The number of hydrogen-bond acceptors (Lipinski definition) is 5. The van der Waals surface area contributed by atoms with Crippen LogP contribution in [0.5, 0.6) is 5.75 Å². The van der Waals surface area contributed by atoms with Crippen LogP contribution in [0.3, 0.4) is 0 Å². The number of carbonyl (C=O) groups is 1. The van der Waals surface area contributed by atoms with E-state index in [1.54, 1.807) is 18.5 Å². The summed E-state index contributed by atoms with van der Waals surface area (Å²) in [6.45, 7) is 5.94. The number of phenolic OH excluding ortho intramolecular Hbond substituents is 1. The molecule has 7 nitrogen and oxygen atoms in total. The lowest BCUT2D eigenvalue weighted by atomic mass is 10.0. The van der Waals surface area contributed by atoms with Gasteiger partial charge >= 0.3 is 0 Å². The summed E-state index contributed by atoms with van der Waals surface area (Å²) in [5.41, 5.74) is 1.54. The van der Waals surface area contributed by atoms with Crippen LogP contribution in [-0.4, -0.2) is 35.6 Å². The summed E-state index contributed by atoms with van der Waals surface area (Å²) in [6, 6.07) is 4.16. The van der Waals surface area contributed by atoms with E-state index in [0.29, 0.717) is 23.6 Å². The molecule has 1 aliphatic rings. The lowest BCUT2D eigenvalue weighted by molar-refractivity contribution is 0.0981. The zero-order valence-electron chi connectivity index (χ0n) is 13.8. The summed E-state index contributed by atoms with van der Waals surface area (Å²) < 4.78 is 29.3. The van der Waals surface area contributed by atoms with Gasteiger partial charge in [0.1, 0.15) is 10.6 Å². The lowest BCUT2D eigenvalue weighted by Gasteiger charge is -2.29. The number of carbonyl (C=O) groups excluding carboxylic acids is 1. The number of rotatable bonds is 3. The number of sulfonamides is 1. The van der Waals surface area contributed by atoms with E-state index in [1.807, 2.05) is 6.92 Å². The van der Waals surface area contributed by atoms with Crippen molar-refractivity contribution in [2.45, 2.75) is 38.6 Å². The second-order valence-corrected chi connectivity index (χ2v) is 7.57. The molecule has 0 spiro atoms. The molecule has 0 saturated heterocycles. The molecule has 0 unspecified atom stereocenters. The molecule has 2 heterocycles. The Labute approximate surface area is 140 Å². The standard InChI is InChI=1S/C16H19N3O4S/c1-4-18-11(3)16(10(2)17-18)24(22,23)19-8-7-15(21)13-9-12(20)5-6-14(13)19/h5-6,9,20H,4,7-8H2,1-3H3. The van der Waals surface area contributed by atoms with E-state index in [9.17, 15) is 18.3 Å². The van der Waals surface area contributed by atoms with Gasteiger partial charge in [0.25, 0.3) is 10.0 Å². The molecule has 0 fully saturated rings. The van der Waals surface area contributed by atoms with Crippen LogP contribution < -0.4 is 4.31 Å². The molecular formula is C16H19N3O4S. The first-order valence-electron chi connectivity index (χ1n) is 7.70. The van der Waals surface area contributed by atoms with Crippen molar-refractivity contribution in [2.24, 2.45) is 0 Å². The molecule has 1 N–H and O–H groups in total. The summed E-state index contributed by atoms with van der Waals surface area (Å²) >= 11 is 0. The number of fused-ring (bicyclic) bond motifs is 1. The van der Waals surface area contributed by atoms with Crippen LogP contribution in [0.2, 0.25) is 0 Å². The number of aryl methyl sites for hydroxylation is 2. The first-order valence-corrected chi connectivity index (χ1v) is 9.14. The van der Waals surface area contributed by atoms with Gasteiger partial charge in [-0.1, -0.05) is 0 Å². The van der Waals surface area contributed by atoms with Crippen molar-refractivity contribution in [3.8, 4) is 5.75 Å². The number of Topliss-reactive ketones (excluding diaryl/α,β-unsaturated/α-hetero) is 1. The number of aromatic nitrogens is 2. The molecule has 128 valence electrons. The van der Waals surface area contributed by atoms with Gasteiger partial charge in [-0.25, -0.2) is 8.42 Å². The predicted octanol–water partition coefficient (Wildman–Crippen LogP) is 2.01. The molecule has 0 bridgehead atoms. The minimum Gasteiger partial charge on any atom is -0.508 e. The van der Waals surface area contributed by atoms with Crippen LogP contribution in [0.1, 0.15) is 35.1 Å². The second kappa shape index (κ2) is 5.62. The first-order chi connectivity index (χ1) is 11.3. The van der Waals surface area contributed by atoms with Crippen LogP contribution >= 0.6 is 0 Å². The highest BCUT2D eigenvalue weighted by molar-refractivity contribution is 7.93. The summed E-state index contributed by atoms with van der Waals surface area (Å²) in [5.74, 6) is -0.238. The third-order valence-electron chi connectivity index (χ3n) is 4.25. The average Bonchev–Trinajstić information content (AvgIpc) is 2.82. The molecular weight excluding hydrogens is 330 g/mol. The maximum absolute atomic E-state index is 13.2. The smallest absolute Gasteiger partial charge is 0.268 e. The molecule has 1 aromatic heterocycles. The van der Waals surface area contributed by atoms with E-state index >= 15 is 0 Å². The molecule has 3 rings (SSSR count). The summed E-state index contributed by atoms with van der Waals surface area (Å²) in [5, 5.41) is 13.9. The number of phenols is 1. The largest absolute Gasteiger partial charge is 0.508 e. The summed E-state index contributed by atoms with van der Waals surface area (Å²) in [4.78, 5) is 12.3. The Kier molecular flexibility index (Phi) is 3.87. The monoisotopic (exact) mass is 349 g/mol. The van der Waals surface area contributed by atoms with Gasteiger partial charge in [0.05, 0.1) is 17.1 Å². The molecule has 1 aromatic carbocycles. The predicted molar refractivity (Wildman–Crippen MR) is 89.0 cm³/mol. The maximum atomic E-state index is 13.2. The van der Waals surface area contributed by atoms with Crippen LogP contribution in [-0.2, 0) is 16.6 Å². The van der Waals surface area contributed by atoms with E-state index in [2.05, 4.69) is 5.10 Å². The molecule has 0 radical (unpaired) electrons. The first kappa shape index (κ1) is 16.5. The third-order valence-corrected chi connectivity index (χ3v) is 6.32. The molecule has 0 saturated carbocycles. The number of nitrogens with zero attached hydrogens (tertiary/aromatic N) is 3. The van der Waals surface area contributed by atoms with E-state index in [1.165, 1.54) is 22.5 Å². The van der Waals surface area contributed by atoms with Crippen LogP contribution in [0.4, 0.5) is 5.69 Å². The van der Waals surface area contributed by atoms with Crippen molar-refractivity contribution >= 4 is 21.5 Å². The molecule has 2 aromatic rings. The van der Waals surface area contributed by atoms with Gasteiger partial charge in [-0.05, 0) is 39.0 Å². The molecule has 8 heteroatoms. The van der Waals surface area contributed by atoms with Crippen LogP contribution in [0.25, 0.3) is 0 Å². The SMILES string of the molecule is CCn1nc(C)c(S(=O)(=O)N2CCC(=O)c3cc(O)ccc32)c1C. The van der Waals surface area contributed by atoms with Gasteiger partial charge in [-0.3, -0.25) is 13.8 Å². The molecule has 24 heavy (non-hydrogen) atoms. The van der Waals surface area contributed by atoms with Gasteiger partial charge in [-0.2, -0.15) is 5.10 Å². The number of hydrogen-bond donors (Lipinski definition) is 1. The zero-order chi connectivity index (χ0) is 17.6. The van der Waals surface area contributed by atoms with Crippen molar-refractivity contribution < 1.29 is 18.3 Å². The van der Waals surface area contributed by atoms with Crippen LogP contribution in [0, 0.1) is 13.8 Å². The Balaban J connectivity index is 2.18. The van der Waals surface area contributed by atoms with Gasteiger partial charge < -0.3 is 5.11 Å². The van der Waals surface area contributed by atoms with E-state index in [4.69, 9.17) is 0 Å². The van der Waals surface area contributed by atoms with E-state index in [-0.39, 0.29) is 35.0 Å². The molecule has 0 amide bonds. The van der Waals surface area contributed by atoms with Crippen molar-refractivity contribution in [3.63, 3.8) is 0 Å². The Morgan fingerprint density at radius 1 is 1.29 bits per heavy atom. The normalized spacial score (nSPS) is 14.8. The summed E-state index contributed by atoms with van der Waals surface area (Å²) in [7, 11) is -3.85. The zero-order valence-corrected chi connectivity index (χ0v) is 14.6. The molecule has 0 aliphatic carbocycles. The van der Waals surface area contributed by atoms with E-state index in [0.717, 1.165) is 0 Å². The molecule has 1 aliphatic heterocycles. The van der Waals surface area contributed by atoms with Crippen molar-refractivity contribution in [2.75, 3.05) is 10.8 Å². The minimum atomic E-state index is -3.85. The van der Waals surface area contributed by atoms with Crippen molar-refractivity contribution in [1.29, 1.82) is 0 Å². The highest BCUT2D eigenvalue weighted by Gasteiger charge is 2.35. The number of ketones is 1. The van der Waals surface area contributed by atoms with Crippen LogP contribution in [0.15, 0.2) is 23.1 Å². The van der Waals surface area contributed by atoms with E-state index < -0.39 is 10.0 Å². The Morgan fingerprint density at radius 2 is 2.00 bits per heavy atom. The van der Waals surface area contributed by atoms with Crippen molar-refractivity contribution in [1.82, 2.24) is 9.78 Å². The highest BCUT2D eigenvalue weighted by atomic mass is 32.2. The fourth-order valence-electron chi connectivity index (χ4n) is 3.14. The average molecular weight is 349 g/mol. The number of benzene rings is 1. The third kappa shape index (κ3) is 2.37. The minimum absolute atomic E-state index is 0.0625. The Hall–Kier alpha value is -2.35.